The monoisotopic (exact) mass is 390 g/mol. The van der Waals surface area contributed by atoms with E-state index in [9.17, 15) is 0 Å². The number of aliphatic imine (C=N–C) groups is 1. The molecule has 0 radical (unpaired) electrons. The molecule has 28 heavy (non-hydrogen) atoms. The van der Waals surface area contributed by atoms with Crippen molar-refractivity contribution in [2.24, 2.45) is 18.0 Å². The first kappa shape index (κ1) is 22.7. The minimum atomic E-state index is 0.314. The Morgan fingerprint density at radius 1 is 1.32 bits per heavy atom. The molecular weight excluding hydrogens is 348 g/mol. The van der Waals surface area contributed by atoms with Gasteiger partial charge >= 0.3 is 0 Å². The summed E-state index contributed by atoms with van der Waals surface area (Å²) >= 11 is 0. The predicted octanol–water partition coefficient (Wildman–Crippen LogP) is 3.04. The van der Waals surface area contributed by atoms with Gasteiger partial charge in [-0.1, -0.05) is 6.92 Å². The Kier molecular flexibility index (Phi) is 9.29. The fourth-order valence-electron chi connectivity index (χ4n) is 4.15. The first-order chi connectivity index (χ1) is 13.4. The summed E-state index contributed by atoms with van der Waals surface area (Å²) in [6, 6.07) is 0.314. The van der Waals surface area contributed by atoms with E-state index in [1.807, 2.05) is 11.7 Å². The van der Waals surface area contributed by atoms with Crippen LogP contribution >= 0.6 is 0 Å². The maximum atomic E-state index is 4.80. The van der Waals surface area contributed by atoms with E-state index < -0.39 is 0 Å². The molecule has 2 unspecified atom stereocenters. The van der Waals surface area contributed by atoms with Gasteiger partial charge in [0.1, 0.15) is 0 Å². The second-order valence-electron chi connectivity index (χ2n) is 8.54. The Morgan fingerprint density at radius 3 is 2.75 bits per heavy atom. The molecule has 0 spiro atoms. The number of nitrogens with one attached hydrogen (secondary N) is 2. The summed E-state index contributed by atoms with van der Waals surface area (Å²) in [6.07, 6.45) is 6.11. The Labute approximate surface area is 172 Å². The van der Waals surface area contributed by atoms with Crippen molar-refractivity contribution in [3.05, 3.63) is 17.0 Å². The van der Waals surface area contributed by atoms with Crippen molar-refractivity contribution in [2.75, 3.05) is 32.7 Å². The molecule has 1 aromatic rings. The van der Waals surface area contributed by atoms with E-state index in [-0.39, 0.29) is 0 Å². The van der Waals surface area contributed by atoms with Gasteiger partial charge in [-0.15, -0.1) is 0 Å². The normalized spacial score (nSPS) is 19.6. The van der Waals surface area contributed by atoms with Gasteiger partial charge in [-0.3, -0.25) is 9.67 Å². The van der Waals surface area contributed by atoms with Gasteiger partial charge in [-0.25, -0.2) is 0 Å². The van der Waals surface area contributed by atoms with Crippen LogP contribution in [0.15, 0.2) is 4.99 Å². The molecule has 0 amide bonds. The maximum absolute atomic E-state index is 4.80. The van der Waals surface area contributed by atoms with Gasteiger partial charge < -0.3 is 15.5 Å². The Bertz CT molecular complexity index is 621. The number of aryl methyl sites for hydroxylation is 2. The largest absolute Gasteiger partial charge is 0.357 e. The lowest BCUT2D eigenvalue weighted by atomic mass is 10.0. The van der Waals surface area contributed by atoms with Crippen LogP contribution in [0.5, 0.6) is 0 Å². The predicted molar refractivity (Wildman–Crippen MR) is 119 cm³/mol. The first-order valence-corrected chi connectivity index (χ1v) is 11.2. The van der Waals surface area contributed by atoms with Crippen LogP contribution in [0.4, 0.5) is 0 Å². The Hall–Kier alpha value is -1.56. The van der Waals surface area contributed by atoms with Gasteiger partial charge in [0.2, 0.25) is 0 Å². The van der Waals surface area contributed by atoms with E-state index in [4.69, 9.17) is 4.99 Å². The highest BCUT2D eigenvalue weighted by atomic mass is 15.3. The lowest BCUT2D eigenvalue weighted by Crippen LogP contribution is -2.43. The zero-order valence-electron chi connectivity index (χ0n) is 19.0. The molecule has 0 aromatic carbocycles. The quantitative estimate of drug-likeness (QED) is 0.387. The third-order valence-corrected chi connectivity index (χ3v) is 5.79. The van der Waals surface area contributed by atoms with E-state index in [2.05, 4.69) is 55.3 Å². The Balaban J connectivity index is 1.76. The van der Waals surface area contributed by atoms with Crippen molar-refractivity contribution in [3.63, 3.8) is 0 Å². The van der Waals surface area contributed by atoms with Gasteiger partial charge in [0.05, 0.1) is 5.69 Å². The van der Waals surface area contributed by atoms with Crippen LogP contribution in [-0.4, -0.2) is 59.4 Å². The molecule has 6 heteroatoms. The molecule has 1 aromatic heterocycles. The van der Waals surface area contributed by atoms with Crippen molar-refractivity contribution < 1.29 is 0 Å². The third-order valence-electron chi connectivity index (χ3n) is 5.79. The summed E-state index contributed by atoms with van der Waals surface area (Å²) in [5, 5.41) is 11.5. The molecule has 1 aliphatic heterocycles. The molecule has 1 aliphatic rings. The number of hydrogen-bond acceptors (Lipinski definition) is 3. The van der Waals surface area contributed by atoms with Gasteiger partial charge in [-0.2, -0.15) is 5.10 Å². The highest BCUT2D eigenvalue weighted by Crippen LogP contribution is 2.16. The van der Waals surface area contributed by atoms with Crippen molar-refractivity contribution >= 4 is 5.96 Å². The molecular formula is C22H42N6. The molecule has 1 saturated heterocycles. The number of unbranched alkanes of at least 4 members (excludes halogenated alkanes) is 1. The molecule has 160 valence electrons. The van der Waals surface area contributed by atoms with Crippen LogP contribution in [0.1, 0.15) is 63.4 Å². The standard InChI is InChI=1S/C22H42N6/c1-7-23-22(24-12-8-9-13-28-14-10-11-17(2)16-28)25-18(3)15-21-19(4)26-27(6)20(21)5/h17-18H,7-16H2,1-6H3,(H2,23,24,25). The van der Waals surface area contributed by atoms with E-state index in [0.717, 1.165) is 43.5 Å². The summed E-state index contributed by atoms with van der Waals surface area (Å²) in [5.41, 5.74) is 3.72. The van der Waals surface area contributed by atoms with Crippen LogP contribution in [0, 0.1) is 19.8 Å². The number of nitrogens with zero attached hydrogens (tertiary/aromatic N) is 4. The van der Waals surface area contributed by atoms with E-state index in [1.54, 1.807) is 0 Å². The highest BCUT2D eigenvalue weighted by molar-refractivity contribution is 5.80. The minimum Gasteiger partial charge on any atom is -0.357 e. The highest BCUT2D eigenvalue weighted by Gasteiger charge is 2.16. The molecule has 0 bridgehead atoms. The van der Waals surface area contributed by atoms with E-state index in [1.165, 1.54) is 50.2 Å². The van der Waals surface area contributed by atoms with Crippen LogP contribution in [0.3, 0.4) is 0 Å². The lowest BCUT2D eigenvalue weighted by molar-refractivity contribution is 0.181. The SMILES string of the molecule is CCNC(=NCCCCN1CCCC(C)C1)NC(C)Cc1c(C)nn(C)c1C. The van der Waals surface area contributed by atoms with Crippen molar-refractivity contribution in [1.29, 1.82) is 0 Å². The Morgan fingerprint density at radius 2 is 2.11 bits per heavy atom. The third kappa shape index (κ3) is 7.12. The second kappa shape index (κ2) is 11.4. The smallest absolute Gasteiger partial charge is 0.191 e. The number of piperidine rings is 1. The summed E-state index contributed by atoms with van der Waals surface area (Å²) in [4.78, 5) is 7.42. The number of hydrogen-bond donors (Lipinski definition) is 2. The van der Waals surface area contributed by atoms with Crippen molar-refractivity contribution in [2.45, 2.75) is 72.8 Å². The molecule has 0 saturated carbocycles. The number of rotatable bonds is 9. The minimum absolute atomic E-state index is 0.314. The van der Waals surface area contributed by atoms with Crippen LogP contribution in [0.25, 0.3) is 0 Å². The zero-order valence-corrected chi connectivity index (χ0v) is 19.0. The number of aromatic nitrogens is 2. The van der Waals surface area contributed by atoms with Gasteiger partial charge in [0.15, 0.2) is 5.96 Å². The van der Waals surface area contributed by atoms with Crippen molar-refractivity contribution in [3.8, 4) is 0 Å². The average Bonchev–Trinajstić information content (AvgIpc) is 2.87. The van der Waals surface area contributed by atoms with Gasteiger partial charge in [0, 0.05) is 38.4 Å². The molecule has 2 rings (SSSR count). The van der Waals surface area contributed by atoms with Gasteiger partial charge in [-0.05, 0) is 84.4 Å². The van der Waals surface area contributed by atoms with Crippen LogP contribution in [-0.2, 0) is 13.5 Å². The summed E-state index contributed by atoms with van der Waals surface area (Å²) < 4.78 is 1.97. The topological polar surface area (TPSA) is 57.5 Å². The fourth-order valence-corrected chi connectivity index (χ4v) is 4.15. The molecule has 6 nitrogen and oxygen atoms in total. The van der Waals surface area contributed by atoms with E-state index in [0.29, 0.717) is 6.04 Å². The van der Waals surface area contributed by atoms with E-state index >= 15 is 0 Å². The second-order valence-corrected chi connectivity index (χ2v) is 8.54. The van der Waals surface area contributed by atoms with Gasteiger partial charge in [0.25, 0.3) is 0 Å². The zero-order chi connectivity index (χ0) is 20.5. The molecule has 2 atom stereocenters. The molecule has 1 fully saturated rings. The molecule has 0 aliphatic carbocycles. The molecule has 2 N–H and O–H groups in total. The number of likely N-dealkylation sites (tertiary alicyclic amines) is 1. The maximum Gasteiger partial charge on any atom is 0.191 e. The average molecular weight is 391 g/mol. The fraction of sp³-hybridized carbons (Fsp3) is 0.818. The first-order valence-electron chi connectivity index (χ1n) is 11.2. The van der Waals surface area contributed by atoms with Crippen LogP contribution in [0.2, 0.25) is 0 Å². The summed E-state index contributed by atoms with van der Waals surface area (Å²) in [6.45, 7) is 16.5. The summed E-state index contributed by atoms with van der Waals surface area (Å²) in [5.74, 6) is 1.80. The molecule has 2 heterocycles. The summed E-state index contributed by atoms with van der Waals surface area (Å²) in [7, 11) is 2.01. The number of guanidine groups is 1. The lowest BCUT2D eigenvalue weighted by Gasteiger charge is -2.30. The van der Waals surface area contributed by atoms with Crippen LogP contribution < -0.4 is 10.6 Å². The van der Waals surface area contributed by atoms with Crippen molar-refractivity contribution in [1.82, 2.24) is 25.3 Å².